The molecular formula is C15H20F3N5. The molecule has 0 saturated carbocycles. The fourth-order valence-corrected chi connectivity index (χ4v) is 2.90. The minimum atomic E-state index is -4.19. The van der Waals surface area contributed by atoms with E-state index in [1.807, 2.05) is 28.9 Å². The van der Waals surface area contributed by atoms with Gasteiger partial charge in [-0.25, -0.2) is 9.58 Å². The number of fused-ring (bicyclic) bond motifs is 1. The molecule has 0 aliphatic carbocycles. The molecule has 23 heavy (non-hydrogen) atoms. The number of para-hydroxylation sites is 1. The number of halogens is 3. The third-order valence-electron chi connectivity index (χ3n) is 4.25. The van der Waals surface area contributed by atoms with E-state index in [0.717, 1.165) is 37.0 Å². The zero-order valence-electron chi connectivity index (χ0n) is 12.8. The molecule has 1 aliphatic heterocycles. The second-order valence-corrected chi connectivity index (χ2v) is 5.80. The molecule has 8 heteroatoms. The Labute approximate surface area is 132 Å². The number of aromatic nitrogens is 3. The van der Waals surface area contributed by atoms with Crippen LogP contribution < -0.4 is 0 Å². The lowest BCUT2D eigenvalue weighted by Crippen LogP contribution is -2.51. The summed E-state index contributed by atoms with van der Waals surface area (Å²) in [7, 11) is 0. The Kier molecular flexibility index (Phi) is 4.82. The summed E-state index contributed by atoms with van der Waals surface area (Å²) in [6, 6.07) is 7.81. The highest BCUT2D eigenvalue weighted by atomic mass is 19.4. The quantitative estimate of drug-likeness (QED) is 0.624. The highest BCUT2D eigenvalue weighted by molar-refractivity contribution is 5.73. The second-order valence-electron chi connectivity index (χ2n) is 5.80. The molecule has 0 N–H and O–H groups in total. The zero-order valence-corrected chi connectivity index (χ0v) is 12.8. The van der Waals surface area contributed by atoms with Gasteiger partial charge in [0.05, 0.1) is 5.52 Å². The molecular weight excluding hydrogens is 307 g/mol. The molecule has 1 fully saturated rings. The molecule has 2 aromatic rings. The summed E-state index contributed by atoms with van der Waals surface area (Å²) in [6.45, 7) is 2.70. The van der Waals surface area contributed by atoms with Crippen molar-refractivity contribution < 1.29 is 13.2 Å². The average Bonchev–Trinajstić information content (AvgIpc) is 2.94. The lowest BCUT2D eigenvalue weighted by molar-refractivity contribution is -0.252. The van der Waals surface area contributed by atoms with Crippen molar-refractivity contribution >= 4 is 11.0 Å². The van der Waals surface area contributed by atoms with Crippen molar-refractivity contribution in [3.05, 3.63) is 24.3 Å². The highest BCUT2D eigenvalue weighted by Gasteiger charge is 2.38. The van der Waals surface area contributed by atoms with Crippen LogP contribution >= 0.6 is 0 Å². The normalized spacial score (nSPS) is 17.9. The molecule has 126 valence electrons. The van der Waals surface area contributed by atoms with E-state index in [9.17, 15) is 13.2 Å². The van der Waals surface area contributed by atoms with Crippen molar-refractivity contribution in [3.63, 3.8) is 0 Å². The van der Waals surface area contributed by atoms with Gasteiger partial charge in [0.2, 0.25) is 0 Å². The van der Waals surface area contributed by atoms with Gasteiger partial charge >= 0.3 is 6.30 Å². The van der Waals surface area contributed by atoms with E-state index in [1.54, 1.807) is 0 Å². The predicted molar refractivity (Wildman–Crippen MR) is 80.8 cm³/mol. The molecule has 5 nitrogen and oxygen atoms in total. The van der Waals surface area contributed by atoms with Crippen LogP contribution in [0, 0.1) is 0 Å². The molecule has 0 bridgehead atoms. The highest BCUT2D eigenvalue weighted by Crippen LogP contribution is 2.22. The van der Waals surface area contributed by atoms with Crippen molar-refractivity contribution in [3.8, 4) is 0 Å². The molecule has 0 amide bonds. The smallest absolute Gasteiger partial charge is 0.301 e. The van der Waals surface area contributed by atoms with Gasteiger partial charge in [-0.05, 0) is 31.5 Å². The number of alkyl halides is 3. The topological polar surface area (TPSA) is 37.2 Å². The van der Waals surface area contributed by atoms with Crippen LogP contribution in [-0.2, 0) is 6.54 Å². The van der Waals surface area contributed by atoms with E-state index >= 15 is 0 Å². The molecule has 0 unspecified atom stereocenters. The van der Waals surface area contributed by atoms with Gasteiger partial charge in [-0.1, -0.05) is 17.3 Å². The third kappa shape index (κ3) is 4.00. The van der Waals surface area contributed by atoms with Crippen LogP contribution in [-0.4, -0.2) is 63.8 Å². The number of hydrogen-bond acceptors (Lipinski definition) is 4. The van der Waals surface area contributed by atoms with Crippen LogP contribution in [0.3, 0.4) is 0 Å². The van der Waals surface area contributed by atoms with E-state index in [1.165, 1.54) is 0 Å². The summed E-state index contributed by atoms with van der Waals surface area (Å²) < 4.78 is 39.5. The van der Waals surface area contributed by atoms with Gasteiger partial charge in [-0.15, -0.1) is 5.10 Å². The van der Waals surface area contributed by atoms with Crippen LogP contribution in [0.25, 0.3) is 11.0 Å². The number of hydrogen-bond donors (Lipinski definition) is 0. The molecule has 3 rings (SSSR count). The van der Waals surface area contributed by atoms with Crippen LogP contribution in [0.15, 0.2) is 24.3 Å². The Hall–Kier alpha value is -1.67. The first-order chi connectivity index (χ1) is 11.0. The Balaban J connectivity index is 1.39. The van der Waals surface area contributed by atoms with Gasteiger partial charge < -0.3 is 4.90 Å². The maximum Gasteiger partial charge on any atom is 0.460 e. The number of aryl methyl sites for hydroxylation is 1. The summed E-state index contributed by atoms with van der Waals surface area (Å²) in [6.07, 6.45) is -2.31. The number of unbranched alkanes of at least 4 members (excludes halogenated alkanes) is 1. The van der Waals surface area contributed by atoms with E-state index in [4.69, 9.17) is 0 Å². The van der Waals surface area contributed by atoms with E-state index < -0.39 is 6.30 Å². The summed E-state index contributed by atoms with van der Waals surface area (Å²) in [5.74, 6) is 0. The van der Waals surface area contributed by atoms with Gasteiger partial charge in [0.1, 0.15) is 5.52 Å². The number of benzene rings is 1. The molecule has 1 aromatic carbocycles. The monoisotopic (exact) mass is 327 g/mol. The minimum Gasteiger partial charge on any atom is -0.301 e. The van der Waals surface area contributed by atoms with Crippen molar-refractivity contribution in [2.24, 2.45) is 0 Å². The molecule has 0 radical (unpaired) electrons. The summed E-state index contributed by atoms with van der Waals surface area (Å²) in [5.41, 5.74) is 1.90. The summed E-state index contributed by atoms with van der Waals surface area (Å²) in [4.78, 5) is 2.69. The van der Waals surface area contributed by atoms with E-state index in [0.29, 0.717) is 18.0 Å². The Morgan fingerprint density at radius 2 is 1.65 bits per heavy atom. The Morgan fingerprint density at radius 3 is 2.39 bits per heavy atom. The van der Waals surface area contributed by atoms with Gasteiger partial charge in [0.15, 0.2) is 0 Å². The van der Waals surface area contributed by atoms with Gasteiger partial charge in [-0.3, -0.25) is 0 Å². The van der Waals surface area contributed by atoms with Crippen molar-refractivity contribution in [2.45, 2.75) is 25.7 Å². The maximum absolute atomic E-state index is 12.6. The number of rotatable bonds is 5. The minimum absolute atomic E-state index is 0.0667. The molecule has 2 heterocycles. The largest absolute Gasteiger partial charge is 0.460 e. The van der Waals surface area contributed by atoms with Gasteiger partial charge in [0.25, 0.3) is 0 Å². The lowest BCUT2D eigenvalue weighted by atomic mass is 10.2. The first-order valence-electron chi connectivity index (χ1n) is 7.86. The fourth-order valence-electron chi connectivity index (χ4n) is 2.90. The first kappa shape index (κ1) is 16.2. The number of piperazine rings is 1. The average molecular weight is 327 g/mol. The second kappa shape index (κ2) is 6.84. The summed E-state index contributed by atoms with van der Waals surface area (Å²) >= 11 is 0. The third-order valence-corrected chi connectivity index (χ3v) is 4.25. The Morgan fingerprint density at radius 1 is 0.957 bits per heavy atom. The molecule has 0 atom stereocenters. The van der Waals surface area contributed by atoms with Crippen LogP contribution in [0.5, 0.6) is 0 Å². The van der Waals surface area contributed by atoms with E-state index in [-0.39, 0.29) is 13.1 Å². The van der Waals surface area contributed by atoms with E-state index in [2.05, 4.69) is 15.2 Å². The van der Waals surface area contributed by atoms with Crippen molar-refractivity contribution in [1.82, 2.24) is 24.8 Å². The molecule has 1 saturated heterocycles. The molecule has 1 aliphatic rings. The zero-order chi connectivity index (χ0) is 16.3. The fraction of sp³-hybridized carbons (Fsp3) is 0.600. The lowest BCUT2D eigenvalue weighted by Gasteiger charge is -2.35. The van der Waals surface area contributed by atoms with Crippen molar-refractivity contribution in [1.29, 1.82) is 0 Å². The van der Waals surface area contributed by atoms with Crippen molar-refractivity contribution in [2.75, 3.05) is 32.7 Å². The maximum atomic E-state index is 12.6. The first-order valence-corrected chi connectivity index (χ1v) is 7.86. The van der Waals surface area contributed by atoms with Crippen LogP contribution in [0.2, 0.25) is 0 Å². The Bertz CT molecular complexity index is 631. The van der Waals surface area contributed by atoms with Gasteiger partial charge in [0, 0.05) is 32.7 Å². The van der Waals surface area contributed by atoms with Gasteiger partial charge in [-0.2, -0.15) is 13.2 Å². The molecule has 0 spiro atoms. The standard InChI is InChI=1S/C15H20F3N5/c16-15(17,18)22-11-9-21(10-12-22)7-3-4-8-23-14-6-2-1-5-13(14)19-20-23/h1-2,5-6H,3-4,7-12H2. The summed E-state index contributed by atoms with van der Waals surface area (Å²) in [5, 5.41) is 8.25. The van der Waals surface area contributed by atoms with Crippen LogP contribution in [0.4, 0.5) is 13.2 Å². The SMILES string of the molecule is FC(F)(F)N1CCN(CCCCn2nnc3ccccc32)CC1. The molecule has 1 aromatic heterocycles. The predicted octanol–water partition coefficient (Wildman–Crippen LogP) is 2.35. The van der Waals surface area contributed by atoms with Crippen LogP contribution in [0.1, 0.15) is 12.8 Å². The number of nitrogens with zero attached hydrogens (tertiary/aromatic N) is 5.